The summed E-state index contributed by atoms with van der Waals surface area (Å²) >= 11 is 0. The van der Waals surface area contributed by atoms with E-state index in [2.05, 4.69) is 15.4 Å². The second-order valence-electron chi connectivity index (χ2n) is 6.42. The van der Waals surface area contributed by atoms with E-state index in [1.165, 1.54) is 19.4 Å². The fourth-order valence-corrected chi connectivity index (χ4v) is 3.57. The van der Waals surface area contributed by atoms with Crippen molar-refractivity contribution < 1.29 is 9.32 Å². The molecule has 3 fully saturated rings. The number of hydrogen-bond donors (Lipinski definition) is 1. The molecule has 1 aromatic heterocycles. The summed E-state index contributed by atoms with van der Waals surface area (Å²) in [5.41, 5.74) is 0.445. The molecule has 0 aromatic carbocycles. The fraction of sp³-hybridized carbons (Fsp3) is 0.733. The molecule has 0 spiro atoms. The van der Waals surface area contributed by atoms with Gasteiger partial charge in [0.2, 0.25) is 0 Å². The Morgan fingerprint density at radius 3 is 3.05 bits per heavy atom. The van der Waals surface area contributed by atoms with E-state index in [0.717, 1.165) is 38.0 Å². The smallest absolute Gasteiger partial charge is 0.273 e. The van der Waals surface area contributed by atoms with Crippen LogP contribution in [0.5, 0.6) is 0 Å². The maximum absolute atomic E-state index is 12.2. The standard InChI is InChI=1S/C15H21N3O2/c19-15(13-9-14(20-17-13)10-3-4-10)16-11-5-7-18-6-1-2-12(18)8-11/h9-12H,1-8H2,(H,16,19)/t11-,12-/m1/s1. The van der Waals surface area contributed by atoms with Gasteiger partial charge in [-0.2, -0.15) is 0 Å². The first-order chi connectivity index (χ1) is 9.79. The Morgan fingerprint density at radius 1 is 1.30 bits per heavy atom. The lowest BCUT2D eigenvalue weighted by Gasteiger charge is -2.34. The molecule has 2 saturated heterocycles. The number of nitrogens with zero attached hydrogens (tertiary/aromatic N) is 2. The van der Waals surface area contributed by atoms with Crippen LogP contribution >= 0.6 is 0 Å². The van der Waals surface area contributed by atoms with E-state index in [1.54, 1.807) is 0 Å². The molecule has 3 heterocycles. The van der Waals surface area contributed by atoms with Crippen LogP contribution in [0.2, 0.25) is 0 Å². The van der Waals surface area contributed by atoms with Crippen LogP contribution in [0.3, 0.4) is 0 Å². The van der Waals surface area contributed by atoms with Crippen LogP contribution in [-0.4, -0.2) is 41.1 Å². The molecule has 1 N–H and O–H groups in total. The monoisotopic (exact) mass is 275 g/mol. The molecule has 2 aliphatic heterocycles. The summed E-state index contributed by atoms with van der Waals surface area (Å²) in [5.74, 6) is 1.31. The molecule has 1 aromatic rings. The molecule has 1 amide bonds. The van der Waals surface area contributed by atoms with Crippen LogP contribution in [0.1, 0.15) is 60.7 Å². The van der Waals surface area contributed by atoms with Crippen molar-refractivity contribution in [2.24, 2.45) is 0 Å². The molecule has 5 heteroatoms. The van der Waals surface area contributed by atoms with Crippen molar-refractivity contribution in [3.8, 4) is 0 Å². The SMILES string of the molecule is O=C(N[C@@H]1CCN2CCC[C@@H]2C1)c1cc(C2CC2)on1. The van der Waals surface area contributed by atoms with Crippen molar-refractivity contribution in [1.82, 2.24) is 15.4 Å². The molecule has 108 valence electrons. The van der Waals surface area contributed by atoms with Gasteiger partial charge in [0, 0.05) is 30.6 Å². The van der Waals surface area contributed by atoms with E-state index < -0.39 is 0 Å². The van der Waals surface area contributed by atoms with Crippen LogP contribution in [0.4, 0.5) is 0 Å². The summed E-state index contributed by atoms with van der Waals surface area (Å²) in [6, 6.07) is 2.79. The van der Waals surface area contributed by atoms with E-state index in [0.29, 0.717) is 23.7 Å². The Bertz CT molecular complexity index is 509. The van der Waals surface area contributed by atoms with E-state index in [1.807, 2.05) is 6.07 Å². The van der Waals surface area contributed by atoms with Crippen molar-refractivity contribution >= 4 is 5.91 Å². The first-order valence-corrected chi connectivity index (χ1v) is 7.81. The quantitative estimate of drug-likeness (QED) is 0.915. The minimum atomic E-state index is -0.0721. The summed E-state index contributed by atoms with van der Waals surface area (Å²) in [6.07, 6.45) is 7.04. The number of hydrogen-bond acceptors (Lipinski definition) is 4. The van der Waals surface area contributed by atoms with Crippen LogP contribution in [-0.2, 0) is 0 Å². The zero-order chi connectivity index (χ0) is 13.5. The van der Waals surface area contributed by atoms with Gasteiger partial charge in [-0.15, -0.1) is 0 Å². The number of carbonyl (C=O) groups is 1. The first-order valence-electron chi connectivity index (χ1n) is 7.81. The van der Waals surface area contributed by atoms with Gasteiger partial charge in [0.05, 0.1) is 0 Å². The molecule has 0 radical (unpaired) electrons. The van der Waals surface area contributed by atoms with Crippen molar-refractivity contribution in [3.63, 3.8) is 0 Å². The highest BCUT2D eigenvalue weighted by molar-refractivity contribution is 5.92. The average molecular weight is 275 g/mol. The molecule has 4 rings (SSSR count). The van der Waals surface area contributed by atoms with Crippen molar-refractivity contribution in [3.05, 3.63) is 17.5 Å². The van der Waals surface area contributed by atoms with Gasteiger partial charge in [0.25, 0.3) is 5.91 Å². The third-order valence-electron chi connectivity index (χ3n) is 4.90. The lowest BCUT2D eigenvalue weighted by atomic mass is 9.97. The summed E-state index contributed by atoms with van der Waals surface area (Å²) in [7, 11) is 0. The van der Waals surface area contributed by atoms with Crippen LogP contribution in [0.25, 0.3) is 0 Å². The zero-order valence-corrected chi connectivity index (χ0v) is 11.7. The Kier molecular flexibility index (Phi) is 3.02. The highest BCUT2D eigenvalue weighted by Crippen LogP contribution is 2.40. The Morgan fingerprint density at radius 2 is 2.20 bits per heavy atom. The highest BCUT2D eigenvalue weighted by Gasteiger charge is 2.33. The molecule has 1 aliphatic carbocycles. The fourth-order valence-electron chi connectivity index (χ4n) is 3.57. The first kappa shape index (κ1) is 12.4. The molecule has 0 unspecified atom stereocenters. The number of amides is 1. The van der Waals surface area contributed by atoms with Gasteiger partial charge < -0.3 is 14.7 Å². The number of carbonyl (C=O) groups excluding carboxylic acids is 1. The molecule has 2 atom stereocenters. The predicted octanol–water partition coefficient (Wildman–Crippen LogP) is 1.91. The van der Waals surface area contributed by atoms with E-state index in [-0.39, 0.29) is 5.91 Å². The molecule has 5 nitrogen and oxygen atoms in total. The van der Waals surface area contributed by atoms with Gasteiger partial charge >= 0.3 is 0 Å². The number of nitrogens with one attached hydrogen (secondary N) is 1. The second-order valence-corrected chi connectivity index (χ2v) is 6.42. The summed E-state index contributed by atoms with van der Waals surface area (Å²) in [6.45, 7) is 2.35. The third-order valence-corrected chi connectivity index (χ3v) is 4.90. The molecule has 1 saturated carbocycles. The van der Waals surface area contributed by atoms with Gasteiger partial charge in [0.1, 0.15) is 5.76 Å². The van der Waals surface area contributed by atoms with Crippen LogP contribution in [0, 0.1) is 0 Å². The van der Waals surface area contributed by atoms with Gasteiger partial charge in [-0.3, -0.25) is 4.79 Å². The second kappa shape index (κ2) is 4.88. The summed E-state index contributed by atoms with van der Waals surface area (Å²) < 4.78 is 5.25. The van der Waals surface area contributed by atoms with E-state index in [4.69, 9.17) is 4.52 Å². The van der Waals surface area contributed by atoms with Gasteiger partial charge in [0.15, 0.2) is 5.69 Å². The molecule has 20 heavy (non-hydrogen) atoms. The Hall–Kier alpha value is -1.36. The average Bonchev–Trinajstić information content (AvgIpc) is 3.01. The third kappa shape index (κ3) is 2.35. The molecule has 3 aliphatic rings. The minimum absolute atomic E-state index is 0.0721. The normalized spacial score (nSPS) is 30.2. The number of fused-ring (bicyclic) bond motifs is 1. The van der Waals surface area contributed by atoms with Crippen LogP contribution in [0.15, 0.2) is 10.6 Å². The van der Waals surface area contributed by atoms with E-state index >= 15 is 0 Å². The lowest BCUT2D eigenvalue weighted by Crippen LogP contribution is -2.47. The molecular weight excluding hydrogens is 254 g/mol. The largest absolute Gasteiger partial charge is 0.360 e. The molecule has 0 bridgehead atoms. The van der Waals surface area contributed by atoms with Crippen molar-refractivity contribution in [1.29, 1.82) is 0 Å². The zero-order valence-electron chi connectivity index (χ0n) is 11.7. The van der Waals surface area contributed by atoms with Gasteiger partial charge in [-0.25, -0.2) is 0 Å². The topological polar surface area (TPSA) is 58.4 Å². The number of aromatic nitrogens is 1. The Labute approximate surface area is 118 Å². The van der Waals surface area contributed by atoms with Crippen LogP contribution < -0.4 is 5.32 Å². The number of piperidine rings is 1. The van der Waals surface area contributed by atoms with Gasteiger partial charge in [-0.1, -0.05) is 5.16 Å². The van der Waals surface area contributed by atoms with Crippen molar-refractivity contribution in [2.45, 2.75) is 56.5 Å². The molecular formula is C15H21N3O2. The van der Waals surface area contributed by atoms with Gasteiger partial charge in [-0.05, 0) is 45.1 Å². The predicted molar refractivity (Wildman–Crippen MR) is 73.6 cm³/mol. The maximum atomic E-state index is 12.2. The van der Waals surface area contributed by atoms with Crippen molar-refractivity contribution in [2.75, 3.05) is 13.1 Å². The summed E-state index contributed by atoms with van der Waals surface area (Å²) in [4.78, 5) is 14.8. The minimum Gasteiger partial charge on any atom is -0.360 e. The lowest BCUT2D eigenvalue weighted by molar-refractivity contribution is 0.0887. The maximum Gasteiger partial charge on any atom is 0.273 e. The summed E-state index contributed by atoms with van der Waals surface area (Å²) in [5, 5.41) is 7.04. The highest BCUT2D eigenvalue weighted by atomic mass is 16.5. The van der Waals surface area contributed by atoms with E-state index in [9.17, 15) is 4.79 Å². The Balaban J connectivity index is 1.36. The number of rotatable bonds is 3.